The van der Waals surface area contributed by atoms with Crippen LogP contribution in [0.4, 0.5) is 0 Å². The van der Waals surface area contributed by atoms with Crippen molar-refractivity contribution in [1.29, 1.82) is 0 Å². The summed E-state index contributed by atoms with van der Waals surface area (Å²) in [6.07, 6.45) is 23.6. The van der Waals surface area contributed by atoms with Crippen LogP contribution in [0.5, 0.6) is 0 Å². The van der Waals surface area contributed by atoms with Gasteiger partial charge in [-0.05, 0) is 49.1 Å². The van der Waals surface area contributed by atoms with E-state index in [0.717, 1.165) is 24.3 Å². The molecule has 8 nitrogen and oxygen atoms in total. The van der Waals surface area contributed by atoms with E-state index in [2.05, 4.69) is 13.8 Å². The molecule has 0 radical (unpaired) electrons. The molecule has 1 rings (SSSR count). The number of carbonyl (C=O) groups is 2. The first kappa shape index (κ1) is 44.7. The number of aliphatic hydroxyl groups excluding tert-OH is 2. The maximum absolute atomic E-state index is 12.7. The molecular formula is C38H66O8S2. The summed E-state index contributed by atoms with van der Waals surface area (Å²) in [6.45, 7) is 4.05. The fourth-order valence-electron chi connectivity index (χ4n) is 5.10. The first-order chi connectivity index (χ1) is 23.5. The van der Waals surface area contributed by atoms with Gasteiger partial charge in [0.05, 0.1) is 24.3 Å². The number of unbranched alkanes of at least 4 members (excludes halogenated alkanes) is 18. The molecule has 0 aliphatic heterocycles. The molecule has 1 aromatic rings. The average molecular weight is 715 g/mol. The topological polar surface area (TPSA) is 112 Å². The molecule has 2 unspecified atom stereocenters. The van der Waals surface area contributed by atoms with E-state index < -0.39 is 24.1 Å². The Labute approximate surface area is 300 Å². The predicted octanol–water partition coefficient (Wildman–Crippen LogP) is 9.89. The molecule has 0 heterocycles. The second kappa shape index (κ2) is 32.9. The van der Waals surface area contributed by atoms with Crippen molar-refractivity contribution < 1.29 is 37.6 Å². The third-order valence-corrected chi connectivity index (χ3v) is 9.55. The van der Waals surface area contributed by atoms with Gasteiger partial charge in [-0.15, -0.1) is 0 Å². The SMILES string of the molecule is CCCCCCCCCCCCSOCC(O)COC(=O)c1ccccc1C(=O)OCC(O)COSCCCCCCCCCCCC. The van der Waals surface area contributed by atoms with Crippen LogP contribution in [0, 0.1) is 0 Å². The molecule has 0 bridgehead atoms. The highest BCUT2D eigenvalue weighted by atomic mass is 32.2. The third-order valence-electron chi connectivity index (χ3n) is 8.03. The van der Waals surface area contributed by atoms with E-state index in [1.54, 1.807) is 12.1 Å². The second-order valence-electron chi connectivity index (χ2n) is 12.6. The van der Waals surface area contributed by atoms with E-state index in [-0.39, 0.29) is 37.6 Å². The minimum atomic E-state index is -0.980. The molecule has 0 aromatic heterocycles. The number of benzene rings is 1. The van der Waals surface area contributed by atoms with E-state index in [1.807, 2.05) is 0 Å². The number of aliphatic hydroxyl groups is 2. The normalized spacial score (nSPS) is 12.6. The van der Waals surface area contributed by atoms with Gasteiger partial charge in [0.15, 0.2) is 0 Å². The molecule has 2 atom stereocenters. The number of hydrogen-bond acceptors (Lipinski definition) is 10. The number of hydrogen-bond donors (Lipinski definition) is 2. The van der Waals surface area contributed by atoms with E-state index in [9.17, 15) is 19.8 Å². The van der Waals surface area contributed by atoms with Crippen molar-refractivity contribution in [3.63, 3.8) is 0 Å². The molecule has 0 saturated heterocycles. The summed E-state index contributed by atoms with van der Waals surface area (Å²) in [5, 5.41) is 20.4. The van der Waals surface area contributed by atoms with Crippen molar-refractivity contribution in [2.45, 2.75) is 154 Å². The Morgan fingerprint density at radius 3 is 1.17 bits per heavy atom. The zero-order valence-electron chi connectivity index (χ0n) is 30.0. The highest BCUT2D eigenvalue weighted by molar-refractivity contribution is 7.94. The molecule has 0 aliphatic carbocycles. The minimum absolute atomic E-state index is 0.0312. The Morgan fingerprint density at radius 1 is 0.521 bits per heavy atom. The van der Waals surface area contributed by atoms with Crippen LogP contribution in [0.25, 0.3) is 0 Å². The summed E-state index contributed by atoms with van der Waals surface area (Å²) >= 11 is 2.65. The lowest BCUT2D eigenvalue weighted by Gasteiger charge is -2.14. The lowest BCUT2D eigenvalue weighted by molar-refractivity contribution is 0.0122. The van der Waals surface area contributed by atoms with Crippen LogP contribution in [0.15, 0.2) is 24.3 Å². The Morgan fingerprint density at radius 2 is 0.833 bits per heavy atom. The van der Waals surface area contributed by atoms with Crippen LogP contribution in [0.3, 0.4) is 0 Å². The van der Waals surface area contributed by atoms with Crippen LogP contribution in [-0.2, 0) is 17.8 Å². The highest BCUT2D eigenvalue weighted by Crippen LogP contribution is 2.16. The largest absolute Gasteiger partial charge is 0.459 e. The first-order valence-corrected chi connectivity index (χ1v) is 20.6. The molecule has 0 spiro atoms. The zero-order chi connectivity index (χ0) is 34.9. The Bertz CT molecular complexity index is 832. The van der Waals surface area contributed by atoms with Crippen LogP contribution < -0.4 is 0 Å². The van der Waals surface area contributed by atoms with Gasteiger partial charge in [-0.25, -0.2) is 9.59 Å². The summed E-state index contributed by atoms with van der Waals surface area (Å²) < 4.78 is 21.4. The maximum atomic E-state index is 12.7. The number of esters is 2. The first-order valence-electron chi connectivity index (χ1n) is 18.8. The quantitative estimate of drug-likeness (QED) is 0.0407. The fraction of sp³-hybridized carbons (Fsp3) is 0.789. The van der Waals surface area contributed by atoms with Gasteiger partial charge in [-0.3, -0.25) is 0 Å². The van der Waals surface area contributed by atoms with Crippen molar-refractivity contribution in [3.05, 3.63) is 35.4 Å². The molecule has 278 valence electrons. The van der Waals surface area contributed by atoms with Crippen LogP contribution in [0.2, 0.25) is 0 Å². The van der Waals surface area contributed by atoms with Crippen molar-refractivity contribution in [1.82, 2.24) is 0 Å². The minimum Gasteiger partial charge on any atom is -0.459 e. The lowest BCUT2D eigenvalue weighted by atomic mass is 10.1. The van der Waals surface area contributed by atoms with E-state index in [0.29, 0.717) is 0 Å². The molecule has 0 fully saturated rings. The predicted molar refractivity (Wildman–Crippen MR) is 200 cm³/mol. The van der Waals surface area contributed by atoms with Gasteiger partial charge in [0.1, 0.15) is 25.4 Å². The summed E-state index contributed by atoms with van der Waals surface area (Å²) in [4.78, 5) is 25.4. The van der Waals surface area contributed by atoms with Crippen LogP contribution in [-0.4, -0.2) is 72.3 Å². The van der Waals surface area contributed by atoms with Crippen molar-refractivity contribution in [2.75, 3.05) is 37.9 Å². The second-order valence-corrected chi connectivity index (χ2v) is 14.4. The van der Waals surface area contributed by atoms with Gasteiger partial charge in [0.2, 0.25) is 0 Å². The van der Waals surface area contributed by atoms with Crippen LogP contribution in [0.1, 0.15) is 163 Å². The van der Waals surface area contributed by atoms with Crippen molar-refractivity contribution >= 4 is 36.0 Å². The van der Waals surface area contributed by atoms with Gasteiger partial charge in [-0.1, -0.05) is 142 Å². The van der Waals surface area contributed by atoms with E-state index in [1.165, 1.54) is 152 Å². The summed E-state index contributed by atoms with van der Waals surface area (Å²) in [6, 6.07) is 6.17. The van der Waals surface area contributed by atoms with Gasteiger partial charge < -0.3 is 28.1 Å². The molecule has 1 aromatic carbocycles. The molecule has 48 heavy (non-hydrogen) atoms. The molecular weight excluding hydrogens is 649 g/mol. The van der Waals surface area contributed by atoms with Crippen molar-refractivity contribution in [2.24, 2.45) is 0 Å². The summed E-state index contributed by atoms with van der Waals surface area (Å²) in [5.41, 5.74) is 0.0625. The number of rotatable bonds is 34. The van der Waals surface area contributed by atoms with Gasteiger partial charge in [-0.2, -0.15) is 0 Å². The average Bonchev–Trinajstić information content (AvgIpc) is 3.10. The maximum Gasteiger partial charge on any atom is 0.339 e. The van der Waals surface area contributed by atoms with E-state index >= 15 is 0 Å². The summed E-state index contributed by atoms with van der Waals surface area (Å²) in [5.74, 6) is 0.230. The number of carbonyl (C=O) groups excluding carboxylic acids is 2. The smallest absolute Gasteiger partial charge is 0.339 e. The Balaban J connectivity index is 2.13. The monoisotopic (exact) mass is 714 g/mol. The van der Waals surface area contributed by atoms with Crippen LogP contribution >= 0.6 is 24.1 Å². The molecule has 0 aliphatic rings. The third kappa shape index (κ3) is 25.6. The highest BCUT2D eigenvalue weighted by Gasteiger charge is 2.21. The molecule has 10 heteroatoms. The van der Waals surface area contributed by atoms with Crippen molar-refractivity contribution in [3.8, 4) is 0 Å². The molecule has 0 saturated carbocycles. The standard InChI is InChI=1S/C38H66O8S2/c1-3-5-7-9-11-13-15-17-19-23-27-47-45-31-33(39)29-43-37(41)35-25-21-22-26-36(35)38(42)44-30-34(40)32-46-48-28-24-20-18-16-14-12-10-8-6-4-2/h21-22,25-26,33-34,39-40H,3-20,23-24,27-32H2,1-2H3. The fourth-order valence-corrected chi connectivity index (χ4v) is 6.49. The zero-order valence-corrected chi connectivity index (χ0v) is 31.6. The number of ether oxygens (including phenoxy) is 2. The van der Waals surface area contributed by atoms with Gasteiger partial charge in [0, 0.05) is 11.5 Å². The Hall–Kier alpha value is -1.30. The summed E-state index contributed by atoms with van der Waals surface area (Å²) in [7, 11) is 0. The van der Waals surface area contributed by atoms with E-state index in [4.69, 9.17) is 17.8 Å². The Kier molecular flexibility index (Phi) is 30.6. The van der Waals surface area contributed by atoms with Gasteiger partial charge in [0.25, 0.3) is 0 Å². The molecule has 0 amide bonds. The lowest BCUT2D eigenvalue weighted by Crippen LogP contribution is -2.25. The van der Waals surface area contributed by atoms with Gasteiger partial charge >= 0.3 is 11.9 Å². The molecule has 2 N–H and O–H groups in total.